The van der Waals surface area contributed by atoms with Gasteiger partial charge in [0.2, 0.25) is 0 Å². The second kappa shape index (κ2) is 5.72. The third kappa shape index (κ3) is 7.09. The molecular formula is C11H21NO4. The summed E-state index contributed by atoms with van der Waals surface area (Å²) in [7, 11) is 0. The molecule has 0 spiro atoms. The van der Waals surface area contributed by atoms with Gasteiger partial charge in [-0.25, -0.2) is 9.59 Å². The molecule has 1 amide bonds. The molecule has 16 heavy (non-hydrogen) atoms. The number of amides is 1. The summed E-state index contributed by atoms with van der Waals surface area (Å²) in [5, 5.41) is 11.2. The average molecular weight is 234 g/mol. The van der Waals surface area contributed by atoms with E-state index in [4.69, 9.17) is 9.84 Å². The number of carbonyl (C=O) groups excluding carboxylic acids is 1. The van der Waals surface area contributed by atoms with Gasteiger partial charge in [0, 0.05) is 0 Å². The van der Waals surface area contributed by atoms with Crippen molar-refractivity contribution in [3.63, 3.8) is 0 Å². The van der Waals surface area contributed by atoms with Crippen molar-refractivity contribution in [2.24, 2.45) is 5.92 Å². The minimum atomic E-state index is -1.04. The van der Waals surface area contributed by atoms with Crippen LogP contribution in [-0.4, -0.2) is 28.8 Å². The number of hydrogen-bond acceptors (Lipinski definition) is 3. The molecule has 0 fully saturated rings. The maximum Gasteiger partial charge on any atom is 0.408 e. The first kappa shape index (κ1) is 14.7. The summed E-state index contributed by atoms with van der Waals surface area (Å²) in [4.78, 5) is 22.2. The van der Waals surface area contributed by atoms with E-state index in [1.165, 1.54) is 0 Å². The number of aliphatic carboxylic acids is 1. The molecule has 0 bridgehead atoms. The summed E-state index contributed by atoms with van der Waals surface area (Å²) in [6.07, 6.45) is -0.310. The number of ether oxygens (including phenoxy) is 1. The molecule has 5 heteroatoms. The number of carboxylic acids is 1. The smallest absolute Gasteiger partial charge is 0.408 e. The van der Waals surface area contributed by atoms with Crippen LogP contribution in [0.1, 0.15) is 41.0 Å². The van der Waals surface area contributed by atoms with Gasteiger partial charge in [-0.05, 0) is 33.1 Å². The highest BCUT2D eigenvalue weighted by Gasteiger charge is 2.24. The highest BCUT2D eigenvalue weighted by Crippen LogP contribution is 2.09. The van der Waals surface area contributed by atoms with Crippen LogP contribution in [0.25, 0.3) is 0 Å². The molecule has 0 aliphatic carbocycles. The van der Waals surface area contributed by atoms with Gasteiger partial charge >= 0.3 is 12.1 Å². The third-order valence-electron chi connectivity index (χ3n) is 1.70. The quantitative estimate of drug-likeness (QED) is 0.576. The largest absolute Gasteiger partial charge is 0.480 e. The number of carboxylic acid groups (broad SMARTS) is 1. The summed E-state index contributed by atoms with van der Waals surface area (Å²) in [6, 6.07) is -0.894. The van der Waals surface area contributed by atoms with Crippen molar-refractivity contribution in [3.8, 4) is 0 Å². The predicted octanol–water partition coefficient (Wildman–Crippen LogP) is 2.01. The molecule has 5 nitrogen and oxygen atoms in total. The van der Waals surface area contributed by atoms with Crippen LogP contribution in [0.3, 0.4) is 0 Å². The number of carbonyl (C=O) groups is 2. The zero-order valence-corrected chi connectivity index (χ0v) is 10.5. The Hall–Kier alpha value is -1.26. The molecule has 1 atom stereocenters. The Labute approximate surface area is 96.2 Å². The van der Waals surface area contributed by atoms with E-state index < -0.39 is 23.7 Å². The summed E-state index contributed by atoms with van der Waals surface area (Å²) in [6.45, 7) is 8.97. The average Bonchev–Trinajstić information content (AvgIpc) is 1.97. The maximum absolute atomic E-state index is 11.4. The molecule has 94 valence electrons. The second-order valence-corrected chi connectivity index (χ2v) is 5.17. The first-order valence-corrected chi connectivity index (χ1v) is 5.34. The van der Waals surface area contributed by atoms with E-state index in [0.717, 1.165) is 0 Å². The molecule has 2 N–H and O–H groups in total. The fourth-order valence-corrected chi connectivity index (χ4v) is 1.14. The van der Waals surface area contributed by atoms with Crippen LogP contribution in [0.4, 0.5) is 4.79 Å². The van der Waals surface area contributed by atoms with Crippen molar-refractivity contribution < 1.29 is 19.4 Å². The van der Waals surface area contributed by atoms with E-state index in [-0.39, 0.29) is 5.92 Å². The van der Waals surface area contributed by atoms with Crippen LogP contribution in [-0.2, 0) is 9.53 Å². The van der Waals surface area contributed by atoms with Gasteiger partial charge in [-0.2, -0.15) is 0 Å². The topological polar surface area (TPSA) is 75.6 Å². The first-order chi connectivity index (χ1) is 7.11. The molecular weight excluding hydrogens is 213 g/mol. The second-order valence-electron chi connectivity index (χ2n) is 5.17. The Bertz CT molecular complexity index is 255. The molecule has 0 saturated carbocycles. The highest BCUT2D eigenvalue weighted by atomic mass is 16.6. The number of rotatable bonds is 4. The van der Waals surface area contributed by atoms with E-state index in [9.17, 15) is 9.59 Å². The summed E-state index contributed by atoms with van der Waals surface area (Å²) >= 11 is 0. The maximum atomic E-state index is 11.4. The van der Waals surface area contributed by atoms with Gasteiger partial charge in [0.15, 0.2) is 0 Å². The van der Waals surface area contributed by atoms with E-state index in [0.29, 0.717) is 6.42 Å². The van der Waals surface area contributed by atoms with Crippen LogP contribution in [0.15, 0.2) is 0 Å². The number of alkyl carbamates (subject to hydrolysis) is 1. The van der Waals surface area contributed by atoms with Crippen LogP contribution < -0.4 is 5.32 Å². The van der Waals surface area contributed by atoms with Crippen molar-refractivity contribution in [3.05, 3.63) is 0 Å². The number of hydrogen-bond donors (Lipinski definition) is 2. The van der Waals surface area contributed by atoms with Crippen molar-refractivity contribution in [2.75, 3.05) is 0 Å². The lowest BCUT2D eigenvalue weighted by molar-refractivity contribution is -0.139. The van der Waals surface area contributed by atoms with E-state index in [2.05, 4.69) is 5.32 Å². The predicted molar refractivity (Wildman–Crippen MR) is 60.2 cm³/mol. The fourth-order valence-electron chi connectivity index (χ4n) is 1.14. The van der Waals surface area contributed by atoms with Crippen LogP contribution in [0.5, 0.6) is 0 Å². The molecule has 0 saturated heterocycles. The van der Waals surface area contributed by atoms with Gasteiger partial charge < -0.3 is 15.2 Å². The van der Waals surface area contributed by atoms with Gasteiger partial charge in [-0.1, -0.05) is 13.8 Å². The van der Waals surface area contributed by atoms with E-state index >= 15 is 0 Å². The van der Waals surface area contributed by atoms with Crippen LogP contribution >= 0.6 is 0 Å². The van der Waals surface area contributed by atoms with Crippen molar-refractivity contribution in [1.29, 1.82) is 0 Å². The molecule has 0 unspecified atom stereocenters. The Morgan fingerprint density at radius 2 is 1.81 bits per heavy atom. The first-order valence-electron chi connectivity index (χ1n) is 5.34. The normalized spacial score (nSPS) is 13.4. The zero-order valence-electron chi connectivity index (χ0n) is 10.5. The number of nitrogens with one attached hydrogen (secondary N) is 1. The Morgan fingerprint density at radius 3 is 2.12 bits per heavy atom. The lowest BCUT2D eigenvalue weighted by Gasteiger charge is -2.22. The van der Waals surface area contributed by atoms with E-state index in [1.807, 2.05) is 13.8 Å². The monoisotopic (exact) mass is 234 g/mol. The highest BCUT2D eigenvalue weighted by molar-refractivity contribution is 5.79. The molecule has 0 heterocycles. The Morgan fingerprint density at radius 1 is 1.31 bits per heavy atom. The molecule has 0 aliphatic rings. The molecule has 0 aromatic carbocycles. The third-order valence-corrected chi connectivity index (χ3v) is 1.70. The molecule has 0 rings (SSSR count). The molecule has 0 aliphatic heterocycles. The lowest BCUT2D eigenvalue weighted by atomic mass is 10.2. The minimum Gasteiger partial charge on any atom is -0.480 e. The Balaban J connectivity index is 4.30. The zero-order chi connectivity index (χ0) is 12.9. The molecule has 0 aromatic heterocycles. The summed E-state index contributed by atoms with van der Waals surface area (Å²) < 4.78 is 4.99. The van der Waals surface area contributed by atoms with Gasteiger partial charge in [-0.15, -0.1) is 0 Å². The molecule has 0 aromatic rings. The van der Waals surface area contributed by atoms with Gasteiger partial charge in [-0.3, -0.25) is 0 Å². The van der Waals surface area contributed by atoms with Gasteiger partial charge in [0.05, 0.1) is 0 Å². The van der Waals surface area contributed by atoms with Gasteiger partial charge in [0.25, 0.3) is 0 Å². The van der Waals surface area contributed by atoms with Crippen LogP contribution in [0.2, 0.25) is 0 Å². The standard InChI is InChI=1S/C11H21NO4/c1-7(2)6-8(9(13)14)12-10(15)16-11(3,4)5/h7-8H,6H2,1-5H3,(H,12,15)(H,13,14)/t8-/m1/s1/i8+1,9+1,12+1. The van der Waals surface area contributed by atoms with Crippen molar-refractivity contribution in [2.45, 2.75) is 52.7 Å². The van der Waals surface area contributed by atoms with Crippen molar-refractivity contribution in [1.82, 2.24) is 5.32 Å². The fraction of sp³-hybridized carbons (Fsp3) is 0.818. The van der Waals surface area contributed by atoms with Crippen LogP contribution in [0, 0.1) is 5.92 Å². The van der Waals surface area contributed by atoms with E-state index in [1.54, 1.807) is 20.8 Å². The SMILES string of the molecule is CC(C)C[13C@@H]([15NH]C(=O)OC(C)(C)C)[13C](=O)O. The minimum absolute atomic E-state index is 0.191. The molecule has 0 radical (unpaired) electrons. The van der Waals surface area contributed by atoms with Gasteiger partial charge in [0.1, 0.15) is 11.6 Å². The van der Waals surface area contributed by atoms with Crippen molar-refractivity contribution >= 4 is 12.1 Å². The summed E-state index contributed by atoms with van der Waals surface area (Å²) in [5.74, 6) is -0.851. The Kier molecular flexibility index (Phi) is 5.27. The summed E-state index contributed by atoms with van der Waals surface area (Å²) in [5.41, 5.74) is -0.620. The lowest BCUT2D eigenvalue weighted by Crippen LogP contribution is -2.44.